The minimum Gasteiger partial charge on any atom is -0.469 e. The quantitative estimate of drug-likeness (QED) is 0.284. The first-order chi connectivity index (χ1) is 13.0. The molecule has 0 radical (unpaired) electrons. The van der Waals surface area contributed by atoms with Crippen LogP contribution in [0.5, 0.6) is 5.75 Å². The second kappa shape index (κ2) is 8.32. The van der Waals surface area contributed by atoms with Crippen LogP contribution >= 0.6 is 0 Å². The monoisotopic (exact) mass is 360 g/mol. The van der Waals surface area contributed by atoms with E-state index in [1.807, 2.05) is 36.4 Å². The lowest BCUT2D eigenvalue weighted by Crippen LogP contribution is -2.14. The highest BCUT2D eigenvalue weighted by molar-refractivity contribution is 5.96. The zero-order chi connectivity index (χ0) is 19.2. The molecule has 3 aromatic carbocycles. The molecule has 3 aromatic rings. The largest absolute Gasteiger partial charge is 0.469 e. The van der Waals surface area contributed by atoms with Gasteiger partial charge in [0.05, 0.1) is 7.11 Å². The molecule has 0 heterocycles. The van der Waals surface area contributed by atoms with Crippen LogP contribution in [0.1, 0.15) is 23.1 Å². The molecule has 0 amide bonds. The summed E-state index contributed by atoms with van der Waals surface area (Å²) in [6.45, 7) is 2.06. The summed E-state index contributed by atoms with van der Waals surface area (Å²) in [5.74, 6) is -0.836. The molecule has 27 heavy (non-hydrogen) atoms. The van der Waals surface area contributed by atoms with Crippen molar-refractivity contribution >= 4 is 34.9 Å². The molecule has 0 N–H and O–H groups in total. The maximum absolute atomic E-state index is 11.8. The molecular weight excluding hydrogens is 340 g/mol. The van der Waals surface area contributed by atoms with Gasteiger partial charge in [-0.2, -0.15) is 0 Å². The van der Waals surface area contributed by atoms with E-state index < -0.39 is 18.4 Å². The molecule has 4 heteroatoms. The van der Waals surface area contributed by atoms with Crippen molar-refractivity contribution in [3.05, 3.63) is 77.4 Å². The summed E-state index contributed by atoms with van der Waals surface area (Å²) < 4.78 is 9.81. The average Bonchev–Trinajstić information content (AvgIpc) is 2.67. The van der Waals surface area contributed by atoms with Crippen molar-refractivity contribution in [2.45, 2.75) is 13.3 Å². The molecule has 0 spiro atoms. The van der Waals surface area contributed by atoms with Crippen LogP contribution in [0, 0.1) is 6.92 Å². The predicted molar refractivity (Wildman–Crippen MR) is 106 cm³/mol. The number of ether oxygens (including phenoxy) is 2. The van der Waals surface area contributed by atoms with Crippen LogP contribution in [0.15, 0.2) is 60.7 Å². The Balaban J connectivity index is 1.81. The summed E-state index contributed by atoms with van der Waals surface area (Å²) >= 11 is 0. The lowest BCUT2D eigenvalue weighted by molar-refractivity contribution is -0.148. The van der Waals surface area contributed by atoms with Crippen molar-refractivity contribution in [2.75, 3.05) is 7.11 Å². The van der Waals surface area contributed by atoms with Gasteiger partial charge in [-0.05, 0) is 35.6 Å². The Morgan fingerprint density at radius 3 is 2.33 bits per heavy atom. The summed E-state index contributed by atoms with van der Waals surface area (Å²) in [5.41, 5.74) is 3.40. The third kappa shape index (κ3) is 4.82. The smallest absolute Gasteiger partial charge is 0.322 e. The number of hydrogen-bond donors (Lipinski definition) is 0. The lowest BCUT2D eigenvalue weighted by atomic mass is 10.0. The fourth-order valence-corrected chi connectivity index (χ4v) is 2.68. The van der Waals surface area contributed by atoms with E-state index in [9.17, 15) is 9.59 Å². The van der Waals surface area contributed by atoms with Crippen LogP contribution in [0.3, 0.4) is 0 Å². The summed E-state index contributed by atoms with van der Waals surface area (Å²) in [6, 6.07) is 19.7. The number of carbonyl (C=O) groups is 2. The molecule has 0 aliphatic heterocycles. The number of aryl methyl sites for hydroxylation is 1. The molecule has 0 aliphatic carbocycles. The number of hydrogen-bond acceptors (Lipinski definition) is 4. The molecule has 0 aromatic heterocycles. The molecule has 4 nitrogen and oxygen atoms in total. The normalized spacial score (nSPS) is 10.9. The van der Waals surface area contributed by atoms with Crippen LogP contribution in [0.25, 0.3) is 22.9 Å². The van der Waals surface area contributed by atoms with Gasteiger partial charge in [0.25, 0.3) is 0 Å². The summed E-state index contributed by atoms with van der Waals surface area (Å²) in [4.78, 5) is 23.0. The molecule has 0 fully saturated rings. The highest BCUT2D eigenvalue weighted by Gasteiger charge is 2.13. The Morgan fingerprint density at radius 1 is 0.889 bits per heavy atom. The van der Waals surface area contributed by atoms with Gasteiger partial charge in [-0.1, -0.05) is 66.2 Å². The molecule has 0 unspecified atom stereocenters. The Hall–Kier alpha value is -3.40. The first-order valence-corrected chi connectivity index (χ1v) is 8.60. The van der Waals surface area contributed by atoms with Crippen LogP contribution < -0.4 is 4.74 Å². The number of fused-ring (bicyclic) bond motifs is 1. The molecule has 0 bridgehead atoms. The van der Waals surface area contributed by atoms with Crippen LogP contribution in [-0.2, 0) is 14.3 Å². The zero-order valence-corrected chi connectivity index (χ0v) is 15.3. The second-order valence-corrected chi connectivity index (χ2v) is 6.21. The van der Waals surface area contributed by atoms with Gasteiger partial charge in [-0.3, -0.25) is 9.59 Å². The van der Waals surface area contributed by atoms with Crippen LogP contribution in [0.2, 0.25) is 0 Å². The van der Waals surface area contributed by atoms with Crippen molar-refractivity contribution in [3.8, 4) is 5.75 Å². The van der Waals surface area contributed by atoms with Gasteiger partial charge in [0, 0.05) is 5.39 Å². The number of rotatable bonds is 5. The number of carbonyl (C=O) groups excluding carboxylic acids is 2. The molecule has 0 saturated heterocycles. The Kier molecular flexibility index (Phi) is 5.67. The van der Waals surface area contributed by atoms with Crippen molar-refractivity contribution in [1.82, 2.24) is 0 Å². The second-order valence-electron chi connectivity index (χ2n) is 6.21. The number of methoxy groups -OCH3 is 1. The maximum Gasteiger partial charge on any atom is 0.322 e. The molecule has 0 aliphatic rings. The first-order valence-electron chi connectivity index (χ1n) is 8.60. The van der Waals surface area contributed by atoms with E-state index >= 15 is 0 Å². The van der Waals surface area contributed by atoms with Gasteiger partial charge in [-0.15, -0.1) is 0 Å². The topological polar surface area (TPSA) is 52.6 Å². The minimum atomic E-state index is -0.641. The predicted octanol–water partition coefficient (Wildman–Crippen LogP) is 4.79. The average molecular weight is 360 g/mol. The SMILES string of the molecule is COC(=O)CC(=O)Oc1cccc2cc(/C=C/c3ccc(C)cc3)ccc12. The Labute approximate surface area is 158 Å². The summed E-state index contributed by atoms with van der Waals surface area (Å²) in [6.07, 6.45) is 3.69. The fourth-order valence-electron chi connectivity index (χ4n) is 2.68. The lowest BCUT2D eigenvalue weighted by Gasteiger charge is -2.08. The van der Waals surface area contributed by atoms with Crippen molar-refractivity contribution in [3.63, 3.8) is 0 Å². The van der Waals surface area contributed by atoms with E-state index in [0.29, 0.717) is 5.75 Å². The van der Waals surface area contributed by atoms with E-state index in [4.69, 9.17) is 4.74 Å². The molecule has 3 rings (SSSR count). The highest BCUT2D eigenvalue weighted by atomic mass is 16.5. The van der Waals surface area contributed by atoms with Gasteiger partial charge >= 0.3 is 11.9 Å². The van der Waals surface area contributed by atoms with E-state index in [1.54, 1.807) is 6.07 Å². The van der Waals surface area contributed by atoms with E-state index in [-0.39, 0.29) is 0 Å². The van der Waals surface area contributed by atoms with Gasteiger partial charge < -0.3 is 9.47 Å². The summed E-state index contributed by atoms with van der Waals surface area (Å²) in [7, 11) is 1.24. The molecular formula is C23H20O4. The van der Waals surface area contributed by atoms with Gasteiger partial charge in [0.2, 0.25) is 0 Å². The van der Waals surface area contributed by atoms with E-state index in [2.05, 4.69) is 42.0 Å². The highest BCUT2D eigenvalue weighted by Crippen LogP contribution is 2.27. The fraction of sp³-hybridized carbons (Fsp3) is 0.130. The van der Waals surface area contributed by atoms with Crippen LogP contribution in [-0.4, -0.2) is 19.0 Å². The summed E-state index contributed by atoms with van der Waals surface area (Å²) in [5, 5.41) is 1.76. The number of esters is 2. The molecule has 0 atom stereocenters. The van der Waals surface area contributed by atoms with Crippen LogP contribution in [0.4, 0.5) is 0 Å². The van der Waals surface area contributed by atoms with Gasteiger partial charge in [0.1, 0.15) is 12.2 Å². The Bertz CT molecular complexity index is 1000. The van der Waals surface area contributed by atoms with Gasteiger partial charge in [-0.25, -0.2) is 0 Å². The molecule has 0 saturated carbocycles. The third-order valence-corrected chi connectivity index (χ3v) is 4.15. The maximum atomic E-state index is 11.8. The number of benzene rings is 3. The third-order valence-electron chi connectivity index (χ3n) is 4.15. The minimum absolute atomic E-state index is 0.412. The standard InChI is InChI=1S/C23H20O4/c1-16-6-8-17(9-7-16)10-11-18-12-13-20-19(14-18)4-3-5-21(20)27-23(25)15-22(24)26-2/h3-14H,15H2,1-2H3/b11-10+. The van der Waals surface area contributed by atoms with E-state index in [1.165, 1.54) is 12.7 Å². The molecule has 136 valence electrons. The van der Waals surface area contributed by atoms with E-state index in [0.717, 1.165) is 21.9 Å². The zero-order valence-electron chi connectivity index (χ0n) is 15.3. The first kappa shape index (κ1) is 18.4. The van der Waals surface area contributed by atoms with Crippen molar-refractivity contribution in [1.29, 1.82) is 0 Å². The Morgan fingerprint density at radius 2 is 1.59 bits per heavy atom. The van der Waals surface area contributed by atoms with Gasteiger partial charge in [0.15, 0.2) is 0 Å². The van der Waals surface area contributed by atoms with Crippen molar-refractivity contribution in [2.24, 2.45) is 0 Å². The van der Waals surface area contributed by atoms with Crippen molar-refractivity contribution < 1.29 is 19.1 Å².